The van der Waals surface area contributed by atoms with Crippen molar-refractivity contribution in [3.63, 3.8) is 0 Å². The summed E-state index contributed by atoms with van der Waals surface area (Å²) in [6.07, 6.45) is 2.97. The molecular weight excluding hydrogens is 256 g/mol. The van der Waals surface area contributed by atoms with E-state index in [4.69, 9.17) is 4.74 Å². The van der Waals surface area contributed by atoms with E-state index in [1.165, 1.54) is 16.7 Å². The molecule has 0 spiro atoms. The van der Waals surface area contributed by atoms with Gasteiger partial charge in [0.15, 0.2) is 0 Å². The van der Waals surface area contributed by atoms with E-state index in [-0.39, 0.29) is 0 Å². The molecule has 0 aliphatic rings. The summed E-state index contributed by atoms with van der Waals surface area (Å²) in [6, 6.07) is 17.0. The van der Waals surface area contributed by atoms with Crippen LogP contribution < -0.4 is 0 Å². The first-order chi connectivity index (χ1) is 10.2. The standard InChI is InChI=1S/C20H24O/c1-4-17-8-10-18(11-9-17)14-21-15-20-7-5-6-19(13-20)12-16(2)3/h4-11,13,16H,1,12,14-15H2,2-3H3. The van der Waals surface area contributed by atoms with E-state index in [1.54, 1.807) is 0 Å². The van der Waals surface area contributed by atoms with E-state index in [0.717, 1.165) is 12.0 Å². The lowest BCUT2D eigenvalue weighted by molar-refractivity contribution is 0.107. The van der Waals surface area contributed by atoms with Gasteiger partial charge in [-0.15, -0.1) is 0 Å². The quantitative estimate of drug-likeness (QED) is 0.673. The third-order valence-electron chi connectivity index (χ3n) is 3.39. The van der Waals surface area contributed by atoms with Crippen molar-refractivity contribution < 1.29 is 4.74 Å². The Labute approximate surface area is 128 Å². The molecule has 0 aliphatic carbocycles. The molecule has 1 heteroatoms. The second kappa shape index (κ2) is 7.80. The van der Waals surface area contributed by atoms with Crippen molar-refractivity contribution in [2.75, 3.05) is 0 Å². The number of benzene rings is 2. The highest BCUT2D eigenvalue weighted by molar-refractivity contribution is 5.47. The Morgan fingerprint density at radius 1 is 0.952 bits per heavy atom. The minimum absolute atomic E-state index is 0.645. The summed E-state index contributed by atoms with van der Waals surface area (Å²) in [4.78, 5) is 0. The number of rotatable bonds is 7. The minimum Gasteiger partial charge on any atom is -0.372 e. The van der Waals surface area contributed by atoms with E-state index in [0.29, 0.717) is 19.1 Å². The molecule has 2 aromatic rings. The maximum absolute atomic E-state index is 5.81. The normalized spacial score (nSPS) is 10.8. The average molecular weight is 280 g/mol. The molecule has 0 atom stereocenters. The Morgan fingerprint density at radius 2 is 1.62 bits per heavy atom. The highest BCUT2D eigenvalue weighted by atomic mass is 16.5. The summed E-state index contributed by atoms with van der Waals surface area (Å²) in [5.41, 5.74) is 4.97. The van der Waals surface area contributed by atoms with Crippen molar-refractivity contribution in [2.24, 2.45) is 5.92 Å². The highest BCUT2D eigenvalue weighted by Gasteiger charge is 2.00. The predicted octanol–water partition coefficient (Wildman–Crippen LogP) is 5.24. The van der Waals surface area contributed by atoms with Crippen molar-refractivity contribution in [2.45, 2.75) is 33.5 Å². The third kappa shape index (κ3) is 5.20. The van der Waals surface area contributed by atoms with Crippen molar-refractivity contribution in [3.05, 3.63) is 77.4 Å². The Hall–Kier alpha value is -1.86. The van der Waals surface area contributed by atoms with E-state index >= 15 is 0 Å². The van der Waals surface area contributed by atoms with Gasteiger partial charge in [0.1, 0.15) is 0 Å². The van der Waals surface area contributed by atoms with Crippen LogP contribution in [-0.2, 0) is 24.4 Å². The van der Waals surface area contributed by atoms with Crippen LogP contribution in [0.5, 0.6) is 0 Å². The molecule has 0 bridgehead atoms. The van der Waals surface area contributed by atoms with E-state index < -0.39 is 0 Å². The van der Waals surface area contributed by atoms with Crippen molar-refractivity contribution in [3.8, 4) is 0 Å². The maximum atomic E-state index is 5.81. The topological polar surface area (TPSA) is 9.23 Å². The molecule has 2 aromatic carbocycles. The summed E-state index contributed by atoms with van der Waals surface area (Å²) in [5, 5.41) is 0. The largest absolute Gasteiger partial charge is 0.372 e. The summed E-state index contributed by atoms with van der Waals surface area (Å²) in [5.74, 6) is 0.685. The summed E-state index contributed by atoms with van der Waals surface area (Å²) in [6.45, 7) is 9.56. The second-order valence-corrected chi connectivity index (χ2v) is 5.86. The molecule has 0 saturated heterocycles. The molecule has 2 rings (SSSR count). The fourth-order valence-corrected chi connectivity index (χ4v) is 2.35. The van der Waals surface area contributed by atoms with Gasteiger partial charge in [-0.1, -0.05) is 75.0 Å². The molecule has 21 heavy (non-hydrogen) atoms. The zero-order chi connectivity index (χ0) is 15.1. The van der Waals surface area contributed by atoms with Gasteiger partial charge in [-0.05, 0) is 34.6 Å². The average Bonchev–Trinajstić information content (AvgIpc) is 2.48. The molecule has 110 valence electrons. The van der Waals surface area contributed by atoms with Gasteiger partial charge in [-0.3, -0.25) is 0 Å². The summed E-state index contributed by atoms with van der Waals surface area (Å²) < 4.78 is 5.81. The SMILES string of the molecule is C=Cc1ccc(COCc2cccc(CC(C)C)c2)cc1. The summed E-state index contributed by atoms with van der Waals surface area (Å²) >= 11 is 0. The fourth-order valence-electron chi connectivity index (χ4n) is 2.35. The van der Waals surface area contributed by atoms with Crippen molar-refractivity contribution in [1.82, 2.24) is 0 Å². The third-order valence-corrected chi connectivity index (χ3v) is 3.39. The van der Waals surface area contributed by atoms with Crippen molar-refractivity contribution in [1.29, 1.82) is 0 Å². The number of hydrogen-bond acceptors (Lipinski definition) is 1. The molecule has 0 N–H and O–H groups in total. The van der Waals surface area contributed by atoms with Crippen LogP contribution in [0.2, 0.25) is 0 Å². The number of ether oxygens (including phenoxy) is 1. The van der Waals surface area contributed by atoms with E-state index in [9.17, 15) is 0 Å². The lowest BCUT2D eigenvalue weighted by Gasteiger charge is -2.08. The van der Waals surface area contributed by atoms with E-state index in [2.05, 4.69) is 69.0 Å². The van der Waals surface area contributed by atoms with Gasteiger partial charge in [0.2, 0.25) is 0 Å². The molecule has 0 unspecified atom stereocenters. The molecule has 0 heterocycles. The van der Waals surface area contributed by atoms with Gasteiger partial charge in [0.25, 0.3) is 0 Å². The predicted molar refractivity (Wildman–Crippen MR) is 90.0 cm³/mol. The van der Waals surface area contributed by atoms with Gasteiger partial charge >= 0.3 is 0 Å². The van der Waals surface area contributed by atoms with Crippen LogP contribution in [0.25, 0.3) is 6.08 Å². The van der Waals surface area contributed by atoms with Gasteiger partial charge < -0.3 is 4.74 Å². The van der Waals surface area contributed by atoms with Crippen LogP contribution in [0.4, 0.5) is 0 Å². The van der Waals surface area contributed by atoms with Crippen LogP contribution in [0.3, 0.4) is 0 Å². The zero-order valence-corrected chi connectivity index (χ0v) is 13.0. The molecule has 0 fully saturated rings. The van der Waals surface area contributed by atoms with Crippen molar-refractivity contribution >= 4 is 6.08 Å². The minimum atomic E-state index is 0.645. The van der Waals surface area contributed by atoms with Crippen LogP contribution in [0.15, 0.2) is 55.1 Å². The second-order valence-electron chi connectivity index (χ2n) is 5.86. The zero-order valence-electron chi connectivity index (χ0n) is 13.0. The summed E-state index contributed by atoms with van der Waals surface area (Å²) in [7, 11) is 0. The maximum Gasteiger partial charge on any atom is 0.0721 e. The lowest BCUT2D eigenvalue weighted by Crippen LogP contribution is -1.97. The molecule has 0 aromatic heterocycles. The Kier molecular flexibility index (Phi) is 5.77. The molecule has 0 amide bonds. The van der Waals surface area contributed by atoms with Gasteiger partial charge in [0.05, 0.1) is 13.2 Å². The van der Waals surface area contributed by atoms with Gasteiger partial charge in [0, 0.05) is 0 Å². The highest BCUT2D eigenvalue weighted by Crippen LogP contribution is 2.13. The first-order valence-electron chi connectivity index (χ1n) is 7.54. The number of hydrogen-bond donors (Lipinski definition) is 0. The molecular formula is C20H24O. The van der Waals surface area contributed by atoms with Crippen LogP contribution >= 0.6 is 0 Å². The lowest BCUT2D eigenvalue weighted by atomic mass is 10.0. The smallest absolute Gasteiger partial charge is 0.0721 e. The monoisotopic (exact) mass is 280 g/mol. The Balaban J connectivity index is 1.86. The van der Waals surface area contributed by atoms with Gasteiger partial charge in [-0.2, -0.15) is 0 Å². The first-order valence-corrected chi connectivity index (χ1v) is 7.54. The van der Waals surface area contributed by atoms with Crippen LogP contribution in [0, 0.1) is 5.92 Å². The molecule has 0 radical (unpaired) electrons. The first kappa shape index (κ1) is 15.5. The van der Waals surface area contributed by atoms with Gasteiger partial charge in [-0.25, -0.2) is 0 Å². The molecule has 1 nitrogen and oxygen atoms in total. The molecule has 0 saturated carbocycles. The Bertz CT molecular complexity index is 567. The molecule has 0 aliphatic heterocycles. The fraction of sp³-hybridized carbons (Fsp3) is 0.300. The van der Waals surface area contributed by atoms with Crippen LogP contribution in [0.1, 0.15) is 36.1 Å². The van der Waals surface area contributed by atoms with E-state index in [1.807, 2.05) is 6.08 Å². The Morgan fingerprint density at radius 3 is 2.29 bits per heavy atom. The van der Waals surface area contributed by atoms with Crippen LogP contribution in [-0.4, -0.2) is 0 Å².